The van der Waals surface area contributed by atoms with Crippen molar-refractivity contribution in [3.05, 3.63) is 29.3 Å². The fourth-order valence-corrected chi connectivity index (χ4v) is 2.59. The predicted octanol–water partition coefficient (Wildman–Crippen LogP) is 3.34. The molecule has 2 rings (SSSR count). The van der Waals surface area contributed by atoms with Crippen molar-refractivity contribution in [3.63, 3.8) is 0 Å². The van der Waals surface area contributed by atoms with Crippen LogP contribution in [-0.4, -0.2) is 25.7 Å². The van der Waals surface area contributed by atoms with Gasteiger partial charge in [-0.15, -0.1) is 24.0 Å². The summed E-state index contributed by atoms with van der Waals surface area (Å²) in [6.45, 7) is 4.20. The first-order valence-electron chi connectivity index (χ1n) is 7.56. The van der Waals surface area contributed by atoms with Crippen LogP contribution in [0.15, 0.2) is 23.2 Å². The zero-order valence-electron chi connectivity index (χ0n) is 12.7. The van der Waals surface area contributed by atoms with Crippen LogP contribution in [0, 0.1) is 0 Å². The third kappa shape index (κ3) is 5.82. The molecule has 3 N–H and O–H groups in total. The topological polar surface area (TPSA) is 59.6 Å². The summed E-state index contributed by atoms with van der Waals surface area (Å²) in [6, 6.07) is 6.40. The highest BCUT2D eigenvalue weighted by Crippen LogP contribution is 2.27. The van der Waals surface area contributed by atoms with Crippen LogP contribution in [0.4, 0.5) is 5.69 Å². The monoisotopic (exact) mass is 403 g/mol. The maximum absolute atomic E-state index is 5.95. The molecule has 1 aliphatic carbocycles. The molecule has 0 unspecified atom stereocenters. The molecular weight excluding hydrogens is 377 g/mol. The summed E-state index contributed by atoms with van der Waals surface area (Å²) < 4.78 is 5.28. The third-order valence-corrected chi connectivity index (χ3v) is 3.59. The Kier molecular flexibility index (Phi) is 8.68. The normalized spacial score (nSPS) is 14.2. The van der Waals surface area contributed by atoms with E-state index in [-0.39, 0.29) is 24.0 Å². The van der Waals surface area contributed by atoms with Gasteiger partial charge in [0.25, 0.3) is 0 Å². The van der Waals surface area contributed by atoms with E-state index in [9.17, 15) is 0 Å². The van der Waals surface area contributed by atoms with Crippen molar-refractivity contribution >= 4 is 35.6 Å². The number of nitrogens with zero attached hydrogens (tertiary/aromatic N) is 1. The summed E-state index contributed by atoms with van der Waals surface area (Å²) in [4.78, 5) is 4.34. The summed E-state index contributed by atoms with van der Waals surface area (Å²) in [5.74, 6) is 0.500. The number of aryl methyl sites for hydroxylation is 1. The minimum atomic E-state index is 0. The Bertz CT molecular complexity index is 463. The highest BCUT2D eigenvalue weighted by molar-refractivity contribution is 14.0. The van der Waals surface area contributed by atoms with Gasteiger partial charge in [0, 0.05) is 25.4 Å². The lowest BCUT2D eigenvalue weighted by Crippen LogP contribution is -2.24. The summed E-state index contributed by atoms with van der Waals surface area (Å²) in [5.41, 5.74) is 9.93. The Morgan fingerprint density at radius 1 is 1.33 bits per heavy atom. The number of benzene rings is 1. The Labute approximate surface area is 144 Å². The maximum atomic E-state index is 5.95. The van der Waals surface area contributed by atoms with E-state index in [1.807, 2.05) is 6.92 Å². The van der Waals surface area contributed by atoms with Gasteiger partial charge in [-0.1, -0.05) is 12.1 Å². The maximum Gasteiger partial charge on any atom is 0.193 e. The van der Waals surface area contributed by atoms with Gasteiger partial charge in [-0.05, 0) is 56.2 Å². The van der Waals surface area contributed by atoms with Gasteiger partial charge in [0.15, 0.2) is 5.96 Å². The Balaban J connectivity index is 0.00000220. The van der Waals surface area contributed by atoms with E-state index in [1.165, 1.54) is 30.4 Å². The van der Waals surface area contributed by atoms with E-state index in [0.717, 1.165) is 31.7 Å². The summed E-state index contributed by atoms with van der Waals surface area (Å²) in [7, 11) is 0. The van der Waals surface area contributed by atoms with Gasteiger partial charge in [0.2, 0.25) is 0 Å². The van der Waals surface area contributed by atoms with Gasteiger partial charge >= 0.3 is 0 Å². The Morgan fingerprint density at radius 3 is 2.95 bits per heavy atom. The van der Waals surface area contributed by atoms with Crippen LogP contribution in [0.5, 0.6) is 0 Å². The van der Waals surface area contributed by atoms with E-state index in [2.05, 4.69) is 28.5 Å². The highest BCUT2D eigenvalue weighted by atomic mass is 127. The second-order valence-corrected chi connectivity index (χ2v) is 5.09. The first kappa shape index (κ1) is 18.2. The number of hydrogen-bond acceptors (Lipinski definition) is 2. The predicted molar refractivity (Wildman–Crippen MR) is 99.7 cm³/mol. The van der Waals surface area contributed by atoms with E-state index in [0.29, 0.717) is 12.5 Å². The first-order chi connectivity index (χ1) is 9.81. The average Bonchev–Trinajstić information content (AvgIpc) is 2.47. The number of halogens is 1. The van der Waals surface area contributed by atoms with Gasteiger partial charge in [-0.3, -0.25) is 4.99 Å². The zero-order valence-corrected chi connectivity index (χ0v) is 15.1. The SMILES string of the molecule is CCOCCCN=C(N)Nc1cccc2c1CCCC2.I. The van der Waals surface area contributed by atoms with Crippen LogP contribution in [0.1, 0.15) is 37.3 Å². The number of fused-ring (bicyclic) bond motifs is 1. The van der Waals surface area contributed by atoms with Crippen molar-refractivity contribution in [3.8, 4) is 0 Å². The molecule has 0 fully saturated rings. The second kappa shape index (κ2) is 10.00. The molecule has 0 amide bonds. The molecule has 4 nitrogen and oxygen atoms in total. The Hall–Kier alpha value is -0.820. The third-order valence-electron chi connectivity index (χ3n) is 3.59. The molecule has 0 spiro atoms. The van der Waals surface area contributed by atoms with Crippen LogP contribution in [0.25, 0.3) is 0 Å². The van der Waals surface area contributed by atoms with Gasteiger partial charge < -0.3 is 15.8 Å². The minimum Gasteiger partial charge on any atom is -0.382 e. The molecule has 0 radical (unpaired) electrons. The van der Waals surface area contributed by atoms with Crippen LogP contribution < -0.4 is 11.1 Å². The number of rotatable bonds is 6. The molecule has 1 aliphatic rings. The molecule has 5 heteroatoms. The number of nitrogens with one attached hydrogen (secondary N) is 1. The van der Waals surface area contributed by atoms with Crippen molar-refractivity contribution < 1.29 is 4.74 Å². The van der Waals surface area contributed by atoms with Gasteiger partial charge in [-0.2, -0.15) is 0 Å². The number of nitrogens with two attached hydrogens (primary N) is 1. The average molecular weight is 403 g/mol. The van der Waals surface area contributed by atoms with Crippen LogP contribution in [-0.2, 0) is 17.6 Å². The molecule has 0 aliphatic heterocycles. The molecule has 0 bridgehead atoms. The van der Waals surface area contributed by atoms with E-state index < -0.39 is 0 Å². The molecule has 0 saturated carbocycles. The van der Waals surface area contributed by atoms with E-state index >= 15 is 0 Å². The van der Waals surface area contributed by atoms with E-state index in [4.69, 9.17) is 10.5 Å². The van der Waals surface area contributed by atoms with Crippen LogP contribution in [0.3, 0.4) is 0 Å². The summed E-state index contributed by atoms with van der Waals surface area (Å²) in [5, 5.41) is 3.25. The van der Waals surface area contributed by atoms with Crippen LogP contribution >= 0.6 is 24.0 Å². The highest BCUT2D eigenvalue weighted by Gasteiger charge is 2.12. The first-order valence-corrected chi connectivity index (χ1v) is 7.56. The largest absolute Gasteiger partial charge is 0.382 e. The van der Waals surface area contributed by atoms with E-state index in [1.54, 1.807) is 0 Å². The van der Waals surface area contributed by atoms with Crippen molar-refractivity contribution in [2.45, 2.75) is 39.0 Å². The zero-order chi connectivity index (χ0) is 14.2. The van der Waals surface area contributed by atoms with Crippen LogP contribution in [0.2, 0.25) is 0 Å². The molecule has 1 aromatic carbocycles. The minimum absolute atomic E-state index is 0. The fraction of sp³-hybridized carbons (Fsp3) is 0.562. The van der Waals surface area contributed by atoms with Crippen molar-refractivity contribution in [1.82, 2.24) is 0 Å². The van der Waals surface area contributed by atoms with Crippen molar-refractivity contribution in [2.75, 3.05) is 25.1 Å². The lowest BCUT2D eigenvalue weighted by molar-refractivity contribution is 0.146. The lowest BCUT2D eigenvalue weighted by Gasteiger charge is -2.19. The Morgan fingerprint density at radius 2 is 2.14 bits per heavy atom. The smallest absolute Gasteiger partial charge is 0.193 e. The second-order valence-electron chi connectivity index (χ2n) is 5.09. The molecule has 0 heterocycles. The fourth-order valence-electron chi connectivity index (χ4n) is 2.59. The van der Waals surface area contributed by atoms with Crippen molar-refractivity contribution in [1.29, 1.82) is 0 Å². The number of aliphatic imine (C=N–C) groups is 1. The lowest BCUT2D eigenvalue weighted by atomic mass is 9.90. The quantitative estimate of drug-likeness (QED) is 0.332. The number of anilines is 1. The van der Waals surface area contributed by atoms with Gasteiger partial charge in [-0.25, -0.2) is 0 Å². The number of guanidine groups is 1. The van der Waals surface area contributed by atoms with Gasteiger partial charge in [0.05, 0.1) is 0 Å². The summed E-state index contributed by atoms with van der Waals surface area (Å²) in [6.07, 6.45) is 5.77. The molecule has 0 atom stereocenters. The molecule has 118 valence electrons. The number of hydrogen-bond donors (Lipinski definition) is 2. The standard InChI is InChI=1S/C16H25N3O.HI/c1-2-20-12-6-11-18-16(17)19-15-10-5-8-13-7-3-4-9-14(13)15;/h5,8,10H,2-4,6-7,9,11-12H2,1H3,(H3,17,18,19);1H. The molecule has 0 aromatic heterocycles. The van der Waals surface area contributed by atoms with Crippen molar-refractivity contribution in [2.24, 2.45) is 10.7 Å². The molecular formula is C16H26IN3O. The molecule has 1 aromatic rings. The molecule has 0 saturated heterocycles. The number of ether oxygens (including phenoxy) is 1. The molecule has 21 heavy (non-hydrogen) atoms. The van der Waals surface area contributed by atoms with Gasteiger partial charge in [0.1, 0.15) is 0 Å². The summed E-state index contributed by atoms with van der Waals surface area (Å²) >= 11 is 0.